The summed E-state index contributed by atoms with van der Waals surface area (Å²) < 4.78 is 26.6. The minimum Gasteiger partial charge on any atom is -0.330 e. The van der Waals surface area contributed by atoms with Crippen LogP contribution in [0.2, 0.25) is 0 Å². The second kappa shape index (κ2) is 6.16. The number of benzene rings is 1. The van der Waals surface area contributed by atoms with Crippen molar-refractivity contribution in [2.24, 2.45) is 11.1 Å². The topological polar surface area (TPSA) is 29.3 Å². The Morgan fingerprint density at radius 1 is 1.42 bits per heavy atom. The summed E-state index contributed by atoms with van der Waals surface area (Å²) in [6.07, 6.45) is 1.02. The third kappa shape index (κ3) is 3.44. The number of rotatable bonds is 3. The zero-order valence-electron chi connectivity index (χ0n) is 11.3. The van der Waals surface area contributed by atoms with Gasteiger partial charge in [-0.25, -0.2) is 8.78 Å². The standard InChI is InChI=1S/C14H20F2N2.ClH/c1-10(12-4-3-11(15)7-13(12)16)18-6-5-14(2,8-17)9-18;/h3-4,7,10H,5-6,8-9,17H2,1-2H3;1H. The zero-order chi connectivity index (χ0) is 13.3. The van der Waals surface area contributed by atoms with Crippen LogP contribution in [-0.4, -0.2) is 24.5 Å². The van der Waals surface area contributed by atoms with Crippen molar-refractivity contribution >= 4 is 12.4 Å². The van der Waals surface area contributed by atoms with Crippen molar-refractivity contribution in [2.75, 3.05) is 19.6 Å². The van der Waals surface area contributed by atoms with Crippen molar-refractivity contribution in [1.29, 1.82) is 0 Å². The van der Waals surface area contributed by atoms with Crippen LogP contribution in [-0.2, 0) is 0 Å². The van der Waals surface area contributed by atoms with Crippen LogP contribution in [0, 0.1) is 17.0 Å². The molecule has 0 aromatic heterocycles. The summed E-state index contributed by atoms with van der Waals surface area (Å²) in [5.74, 6) is -1.000. The van der Waals surface area contributed by atoms with E-state index in [0.717, 1.165) is 25.6 Å². The minimum absolute atomic E-state index is 0. The molecular weight excluding hydrogens is 270 g/mol. The Labute approximate surface area is 119 Å². The van der Waals surface area contributed by atoms with Crippen LogP contribution in [0.3, 0.4) is 0 Å². The highest BCUT2D eigenvalue weighted by atomic mass is 35.5. The van der Waals surface area contributed by atoms with E-state index < -0.39 is 11.6 Å². The van der Waals surface area contributed by atoms with Gasteiger partial charge >= 0.3 is 0 Å². The third-order valence-corrected chi connectivity index (χ3v) is 4.04. The lowest BCUT2D eigenvalue weighted by molar-refractivity contribution is 0.223. The second-order valence-corrected chi connectivity index (χ2v) is 5.58. The Morgan fingerprint density at radius 2 is 2.11 bits per heavy atom. The van der Waals surface area contributed by atoms with Gasteiger partial charge in [-0.1, -0.05) is 13.0 Å². The highest BCUT2D eigenvalue weighted by molar-refractivity contribution is 5.85. The first kappa shape index (κ1) is 16.3. The van der Waals surface area contributed by atoms with Gasteiger partial charge < -0.3 is 5.73 Å². The van der Waals surface area contributed by atoms with E-state index in [-0.39, 0.29) is 23.9 Å². The van der Waals surface area contributed by atoms with E-state index in [2.05, 4.69) is 11.8 Å². The maximum Gasteiger partial charge on any atom is 0.130 e. The van der Waals surface area contributed by atoms with Crippen LogP contribution in [0.1, 0.15) is 31.9 Å². The molecule has 0 saturated carbocycles. The largest absolute Gasteiger partial charge is 0.330 e. The second-order valence-electron chi connectivity index (χ2n) is 5.58. The van der Waals surface area contributed by atoms with E-state index in [4.69, 9.17) is 5.73 Å². The van der Waals surface area contributed by atoms with Crippen LogP contribution in [0.25, 0.3) is 0 Å². The summed E-state index contributed by atoms with van der Waals surface area (Å²) in [5.41, 5.74) is 6.44. The Bertz CT molecular complexity index is 441. The number of hydrogen-bond donors (Lipinski definition) is 1. The average Bonchev–Trinajstić information content (AvgIpc) is 2.72. The Hall–Kier alpha value is -0.710. The summed E-state index contributed by atoms with van der Waals surface area (Å²) in [4.78, 5) is 2.21. The minimum atomic E-state index is -0.531. The van der Waals surface area contributed by atoms with Gasteiger partial charge in [0.1, 0.15) is 11.6 Å². The number of nitrogens with two attached hydrogens (primary N) is 1. The molecular formula is C14H21ClF2N2. The first-order valence-corrected chi connectivity index (χ1v) is 6.34. The molecule has 19 heavy (non-hydrogen) atoms. The van der Waals surface area contributed by atoms with Gasteiger partial charge in [-0.3, -0.25) is 4.90 Å². The van der Waals surface area contributed by atoms with Gasteiger partial charge in [-0.05, 0) is 37.9 Å². The van der Waals surface area contributed by atoms with Crippen molar-refractivity contribution in [3.8, 4) is 0 Å². The van der Waals surface area contributed by atoms with Crippen LogP contribution in [0.5, 0.6) is 0 Å². The fourth-order valence-corrected chi connectivity index (χ4v) is 2.60. The zero-order valence-corrected chi connectivity index (χ0v) is 12.1. The van der Waals surface area contributed by atoms with Gasteiger partial charge in [0.25, 0.3) is 0 Å². The number of nitrogens with zero attached hydrogens (tertiary/aromatic N) is 1. The first-order chi connectivity index (χ1) is 8.45. The van der Waals surface area contributed by atoms with E-state index in [1.54, 1.807) is 0 Å². The predicted molar refractivity (Wildman–Crippen MR) is 75.4 cm³/mol. The SMILES string of the molecule is CC(c1ccc(F)cc1F)N1CCC(C)(CN)C1.Cl. The molecule has 1 heterocycles. The molecule has 2 atom stereocenters. The fourth-order valence-electron chi connectivity index (χ4n) is 2.60. The smallest absolute Gasteiger partial charge is 0.130 e. The van der Waals surface area contributed by atoms with Crippen molar-refractivity contribution in [1.82, 2.24) is 4.90 Å². The molecule has 2 unspecified atom stereocenters. The molecule has 2 N–H and O–H groups in total. The highest BCUT2D eigenvalue weighted by Crippen LogP contribution is 2.35. The molecule has 0 spiro atoms. The molecule has 0 aliphatic carbocycles. The van der Waals surface area contributed by atoms with Crippen LogP contribution in [0.15, 0.2) is 18.2 Å². The molecule has 1 aromatic rings. The summed E-state index contributed by atoms with van der Waals surface area (Å²) in [6.45, 7) is 6.52. The molecule has 0 amide bonds. The van der Waals surface area contributed by atoms with E-state index in [0.29, 0.717) is 12.1 Å². The van der Waals surface area contributed by atoms with Crippen molar-refractivity contribution in [2.45, 2.75) is 26.3 Å². The predicted octanol–water partition coefficient (Wildman–Crippen LogP) is 3.12. The first-order valence-electron chi connectivity index (χ1n) is 6.34. The molecule has 1 aliphatic rings. The Kier molecular flexibility index (Phi) is 5.30. The molecule has 108 valence electrons. The molecule has 0 radical (unpaired) electrons. The molecule has 2 nitrogen and oxygen atoms in total. The Morgan fingerprint density at radius 3 is 2.63 bits per heavy atom. The van der Waals surface area contributed by atoms with Gasteiger partial charge in [-0.2, -0.15) is 0 Å². The Balaban J connectivity index is 0.00000180. The lowest BCUT2D eigenvalue weighted by Crippen LogP contribution is -2.32. The van der Waals surface area contributed by atoms with Crippen molar-refractivity contribution < 1.29 is 8.78 Å². The molecule has 1 fully saturated rings. The van der Waals surface area contributed by atoms with Gasteiger partial charge in [0.05, 0.1) is 0 Å². The number of hydrogen-bond acceptors (Lipinski definition) is 2. The van der Waals surface area contributed by atoms with E-state index in [9.17, 15) is 8.78 Å². The lowest BCUT2D eigenvalue weighted by atomic mass is 9.90. The number of halogens is 3. The summed E-state index contributed by atoms with van der Waals surface area (Å²) in [6, 6.07) is 3.75. The molecule has 1 saturated heterocycles. The maximum atomic E-state index is 13.7. The van der Waals surface area contributed by atoms with Crippen LogP contribution in [0.4, 0.5) is 8.78 Å². The van der Waals surface area contributed by atoms with E-state index in [1.165, 1.54) is 12.1 Å². The van der Waals surface area contributed by atoms with E-state index >= 15 is 0 Å². The normalized spacial score (nSPS) is 25.1. The lowest BCUT2D eigenvalue weighted by Gasteiger charge is -2.27. The van der Waals surface area contributed by atoms with Crippen molar-refractivity contribution in [3.63, 3.8) is 0 Å². The molecule has 2 rings (SSSR count). The monoisotopic (exact) mass is 290 g/mol. The summed E-state index contributed by atoms with van der Waals surface area (Å²) >= 11 is 0. The van der Waals surface area contributed by atoms with Gasteiger partial charge in [-0.15, -0.1) is 12.4 Å². The average molecular weight is 291 g/mol. The number of likely N-dealkylation sites (tertiary alicyclic amines) is 1. The van der Waals surface area contributed by atoms with Crippen LogP contribution < -0.4 is 5.73 Å². The molecule has 5 heteroatoms. The molecule has 1 aromatic carbocycles. The fraction of sp³-hybridized carbons (Fsp3) is 0.571. The molecule has 0 bridgehead atoms. The van der Waals surface area contributed by atoms with E-state index in [1.807, 2.05) is 6.92 Å². The quantitative estimate of drug-likeness (QED) is 0.927. The van der Waals surface area contributed by atoms with Gasteiger partial charge in [0, 0.05) is 24.2 Å². The third-order valence-electron chi connectivity index (χ3n) is 4.04. The van der Waals surface area contributed by atoms with Gasteiger partial charge in [0.2, 0.25) is 0 Å². The summed E-state index contributed by atoms with van der Waals surface area (Å²) in [7, 11) is 0. The summed E-state index contributed by atoms with van der Waals surface area (Å²) in [5, 5.41) is 0. The van der Waals surface area contributed by atoms with Crippen molar-refractivity contribution in [3.05, 3.63) is 35.4 Å². The highest BCUT2D eigenvalue weighted by Gasteiger charge is 2.35. The molecule has 1 aliphatic heterocycles. The van der Waals surface area contributed by atoms with Crippen LogP contribution >= 0.6 is 12.4 Å². The van der Waals surface area contributed by atoms with Gasteiger partial charge in [0.15, 0.2) is 0 Å². The maximum absolute atomic E-state index is 13.7.